The molecular weight excluding hydrogens is 477 g/mol. The topological polar surface area (TPSA) is 28.0 Å². The van der Waals surface area contributed by atoms with E-state index >= 15 is 0 Å². The number of alkyl halides is 1. The van der Waals surface area contributed by atoms with E-state index in [0.717, 1.165) is 53.2 Å². The van der Waals surface area contributed by atoms with Crippen LogP contribution in [0.4, 0.5) is 4.39 Å². The third-order valence-corrected chi connectivity index (χ3v) is 9.61. The second-order valence-corrected chi connectivity index (χ2v) is 12.1. The standard InChI is InChI=1S/C29H31ClFN3S/c1-4-19-14-25-26(24-10-8-21(32-24)7-6-18(3)31)27(22-9-5-17(2)13-23(22)30)33-28(34(25)16-19)29-15-20(29)11-12-35-29/h4-5,8-13,18-21,27H,1,6-7,14-16H2,2-3H3/t18?,19-,20?,21?,27-,29?/m0/s1. The van der Waals surface area contributed by atoms with E-state index in [2.05, 4.69) is 60.2 Å². The third kappa shape index (κ3) is 3.95. The SMILES string of the molecule is C=C[C@H]1CC2=C(C3=NC(CCC(C)F)C=C3)[C@H](c3ccc(C)cc3Cl)N=C(C34CC3C=CS4)N2C1. The van der Waals surface area contributed by atoms with Gasteiger partial charge in [-0.2, -0.15) is 0 Å². The van der Waals surface area contributed by atoms with Crippen LogP contribution in [0.25, 0.3) is 0 Å². The fraction of sp³-hybridized carbons (Fsp3) is 0.448. The Balaban J connectivity index is 1.47. The molecule has 182 valence electrons. The molecule has 0 amide bonds. The Kier molecular flexibility index (Phi) is 5.84. The lowest BCUT2D eigenvalue weighted by molar-refractivity contribution is 0.331. The first-order valence-electron chi connectivity index (χ1n) is 12.6. The number of allylic oxidation sites excluding steroid dienone is 3. The number of rotatable bonds is 7. The van der Waals surface area contributed by atoms with E-state index in [1.807, 2.05) is 17.8 Å². The molecule has 0 radical (unpaired) electrons. The first kappa shape index (κ1) is 23.3. The molecule has 2 fully saturated rings. The summed E-state index contributed by atoms with van der Waals surface area (Å²) in [6.45, 7) is 8.71. The van der Waals surface area contributed by atoms with Gasteiger partial charge in [0.2, 0.25) is 0 Å². The number of hydrogen-bond donors (Lipinski definition) is 0. The summed E-state index contributed by atoms with van der Waals surface area (Å²) in [5, 5.41) is 2.99. The van der Waals surface area contributed by atoms with Crippen LogP contribution < -0.4 is 0 Å². The van der Waals surface area contributed by atoms with Gasteiger partial charge in [0.05, 0.1) is 22.7 Å². The summed E-state index contributed by atoms with van der Waals surface area (Å²) in [6, 6.07) is 6.09. The summed E-state index contributed by atoms with van der Waals surface area (Å²) in [4.78, 5) is 13.0. The molecule has 4 heterocycles. The highest BCUT2D eigenvalue weighted by molar-refractivity contribution is 8.04. The Labute approximate surface area is 216 Å². The maximum atomic E-state index is 13.5. The predicted octanol–water partition coefficient (Wildman–Crippen LogP) is 7.40. The van der Waals surface area contributed by atoms with Crippen LogP contribution in [0.5, 0.6) is 0 Å². The van der Waals surface area contributed by atoms with E-state index < -0.39 is 6.17 Å². The monoisotopic (exact) mass is 507 g/mol. The Bertz CT molecular complexity index is 1230. The molecule has 1 saturated heterocycles. The number of halogens is 2. The molecule has 5 aliphatic rings. The van der Waals surface area contributed by atoms with Crippen molar-refractivity contribution in [2.24, 2.45) is 21.8 Å². The van der Waals surface area contributed by atoms with Crippen LogP contribution in [0.2, 0.25) is 5.02 Å². The molecule has 4 aliphatic heterocycles. The van der Waals surface area contributed by atoms with Gasteiger partial charge in [-0.1, -0.05) is 42.0 Å². The molecule has 0 spiro atoms. The second-order valence-electron chi connectivity index (χ2n) is 10.5. The minimum atomic E-state index is -0.812. The molecule has 4 unspecified atom stereocenters. The average Bonchev–Trinajstić information content (AvgIpc) is 3.24. The van der Waals surface area contributed by atoms with Crippen molar-refractivity contribution in [3.05, 3.63) is 81.9 Å². The molecule has 1 aliphatic carbocycles. The number of benzene rings is 1. The van der Waals surface area contributed by atoms with Crippen LogP contribution in [0, 0.1) is 18.8 Å². The van der Waals surface area contributed by atoms with Crippen molar-refractivity contribution in [2.75, 3.05) is 6.54 Å². The highest BCUT2D eigenvalue weighted by Gasteiger charge is 2.62. The van der Waals surface area contributed by atoms with E-state index in [-0.39, 0.29) is 16.8 Å². The van der Waals surface area contributed by atoms with E-state index in [9.17, 15) is 4.39 Å². The molecule has 0 aromatic heterocycles. The first-order chi connectivity index (χ1) is 16.9. The van der Waals surface area contributed by atoms with Crippen LogP contribution in [-0.4, -0.2) is 40.0 Å². The molecule has 35 heavy (non-hydrogen) atoms. The molecule has 1 saturated carbocycles. The van der Waals surface area contributed by atoms with Gasteiger partial charge in [0.1, 0.15) is 11.9 Å². The number of aryl methyl sites for hydroxylation is 1. The Morgan fingerprint density at radius 2 is 2.20 bits per heavy atom. The van der Waals surface area contributed by atoms with Gasteiger partial charge in [-0.25, -0.2) is 4.39 Å². The van der Waals surface area contributed by atoms with Crippen LogP contribution in [-0.2, 0) is 0 Å². The van der Waals surface area contributed by atoms with Crippen LogP contribution in [0.15, 0.2) is 75.7 Å². The lowest BCUT2D eigenvalue weighted by atomic mass is 9.90. The first-order valence-corrected chi connectivity index (χ1v) is 13.9. The van der Waals surface area contributed by atoms with Gasteiger partial charge in [0.25, 0.3) is 0 Å². The lowest BCUT2D eigenvalue weighted by Crippen LogP contribution is -2.41. The fourth-order valence-electron chi connectivity index (χ4n) is 5.89. The lowest BCUT2D eigenvalue weighted by Gasteiger charge is -2.36. The van der Waals surface area contributed by atoms with Gasteiger partial charge in [-0.05, 0) is 74.1 Å². The van der Waals surface area contributed by atoms with Gasteiger partial charge >= 0.3 is 0 Å². The molecule has 1 aromatic carbocycles. The molecule has 0 N–H and O–H groups in total. The highest BCUT2D eigenvalue weighted by atomic mass is 35.5. The zero-order valence-electron chi connectivity index (χ0n) is 20.3. The Morgan fingerprint density at radius 3 is 2.89 bits per heavy atom. The normalized spacial score (nSPS) is 33.5. The van der Waals surface area contributed by atoms with Crippen LogP contribution >= 0.6 is 23.4 Å². The molecule has 3 nitrogen and oxygen atoms in total. The third-order valence-electron chi connectivity index (χ3n) is 7.92. The number of aliphatic imine (C=N–C) groups is 2. The molecular formula is C29H31ClFN3S. The van der Waals surface area contributed by atoms with Crippen molar-refractivity contribution in [2.45, 2.75) is 62.5 Å². The van der Waals surface area contributed by atoms with Gasteiger partial charge in [-0.15, -0.1) is 18.3 Å². The fourth-order valence-corrected chi connectivity index (χ4v) is 7.54. The maximum absolute atomic E-state index is 13.5. The number of fused-ring (bicyclic) bond motifs is 2. The molecule has 6 atom stereocenters. The molecule has 6 heteroatoms. The summed E-state index contributed by atoms with van der Waals surface area (Å²) in [7, 11) is 0. The van der Waals surface area contributed by atoms with Crippen molar-refractivity contribution < 1.29 is 4.39 Å². The summed E-state index contributed by atoms with van der Waals surface area (Å²) >= 11 is 8.78. The zero-order chi connectivity index (χ0) is 24.3. The number of amidine groups is 1. The summed E-state index contributed by atoms with van der Waals surface area (Å²) < 4.78 is 13.6. The van der Waals surface area contributed by atoms with Gasteiger partial charge in [0.15, 0.2) is 0 Å². The Morgan fingerprint density at radius 1 is 1.34 bits per heavy atom. The summed E-state index contributed by atoms with van der Waals surface area (Å²) in [5.41, 5.74) is 5.59. The average molecular weight is 508 g/mol. The van der Waals surface area contributed by atoms with Gasteiger partial charge < -0.3 is 4.90 Å². The molecule has 1 aromatic rings. The van der Waals surface area contributed by atoms with Crippen LogP contribution in [0.1, 0.15) is 49.8 Å². The van der Waals surface area contributed by atoms with Gasteiger partial charge in [-0.3, -0.25) is 9.98 Å². The summed E-state index contributed by atoms with van der Waals surface area (Å²) in [6.07, 6.45) is 11.1. The zero-order valence-corrected chi connectivity index (χ0v) is 21.8. The number of nitrogens with zero attached hydrogens (tertiary/aromatic N) is 3. The quantitative estimate of drug-likeness (QED) is 0.359. The van der Waals surface area contributed by atoms with Crippen LogP contribution in [0.3, 0.4) is 0 Å². The van der Waals surface area contributed by atoms with Crippen molar-refractivity contribution in [3.8, 4) is 0 Å². The minimum Gasteiger partial charge on any atom is -0.332 e. The highest BCUT2D eigenvalue weighted by Crippen LogP contribution is 2.63. The minimum absolute atomic E-state index is 0.0156. The van der Waals surface area contributed by atoms with Crippen molar-refractivity contribution in [3.63, 3.8) is 0 Å². The van der Waals surface area contributed by atoms with E-state index in [1.165, 1.54) is 11.5 Å². The number of thioether (sulfide) groups is 1. The smallest absolute Gasteiger partial charge is 0.122 e. The maximum Gasteiger partial charge on any atom is 0.122 e. The van der Waals surface area contributed by atoms with Gasteiger partial charge in [0, 0.05) is 28.8 Å². The Hall–Kier alpha value is -2.11. The summed E-state index contributed by atoms with van der Waals surface area (Å²) in [5.74, 6) is 2.12. The largest absolute Gasteiger partial charge is 0.332 e. The number of hydrogen-bond acceptors (Lipinski definition) is 4. The van der Waals surface area contributed by atoms with Crippen molar-refractivity contribution >= 4 is 34.9 Å². The van der Waals surface area contributed by atoms with E-state index in [4.69, 9.17) is 21.6 Å². The predicted molar refractivity (Wildman–Crippen MR) is 146 cm³/mol. The molecule has 0 bridgehead atoms. The van der Waals surface area contributed by atoms with Crippen molar-refractivity contribution in [1.82, 2.24) is 4.90 Å². The van der Waals surface area contributed by atoms with Crippen molar-refractivity contribution in [1.29, 1.82) is 0 Å². The van der Waals surface area contributed by atoms with E-state index in [0.29, 0.717) is 18.3 Å². The van der Waals surface area contributed by atoms with E-state index in [1.54, 1.807) is 6.92 Å². The second kappa shape index (κ2) is 8.77. The molecule has 6 rings (SSSR count).